The van der Waals surface area contributed by atoms with Gasteiger partial charge in [0, 0.05) is 5.57 Å². The second kappa shape index (κ2) is 2.52. The molecule has 1 aliphatic rings. The maximum absolute atomic E-state index is 10.8. The van der Waals surface area contributed by atoms with E-state index in [0.29, 0.717) is 12.2 Å². The van der Waals surface area contributed by atoms with Crippen LogP contribution in [0.1, 0.15) is 0 Å². The summed E-state index contributed by atoms with van der Waals surface area (Å²) in [6.07, 6.45) is 3.11. The summed E-state index contributed by atoms with van der Waals surface area (Å²) in [6, 6.07) is 0. The van der Waals surface area contributed by atoms with Crippen molar-refractivity contribution in [2.24, 2.45) is 0 Å². The topological polar surface area (TPSA) is 26.3 Å². The lowest BCUT2D eigenvalue weighted by molar-refractivity contribution is -0.135. The lowest BCUT2D eigenvalue weighted by Crippen LogP contribution is -1.95. The predicted octanol–water partition coefficient (Wildman–Crippen LogP) is 1.21. The third-order valence-electron chi connectivity index (χ3n) is 1.38. The molecule has 0 atom stereocenters. The van der Waals surface area contributed by atoms with Crippen LogP contribution in [0.15, 0.2) is 36.5 Å². The standard InChI is InChI=1S/C8H8O2/c1-3-6-5-10-8(9)7(6)4-2/h3-4H,1-2,5H2. The summed E-state index contributed by atoms with van der Waals surface area (Å²) in [7, 11) is 0. The zero-order valence-electron chi connectivity index (χ0n) is 5.59. The van der Waals surface area contributed by atoms with Crippen molar-refractivity contribution in [3.8, 4) is 0 Å². The lowest BCUT2D eigenvalue weighted by Gasteiger charge is -1.86. The SMILES string of the molecule is C=CC1=C(C=C)C(=O)OC1. The van der Waals surface area contributed by atoms with Gasteiger partial charge in [-0.2, -0.15) is 0 Å². The molecule has 1 aliphatic heterocycles. The molecule has 0 N–H and O–H groups in total. The van der Waals surface area contributed by atoms with E-state index in [1.54, 1.807) is 6.08 Å². The quantitative estimate of drug-likeness (QED) is 0.533. The Morgan fingerprint density at radius 3 is 2.50 bits per heavy atom. The summed E-state index contributed by atoms with van der Waals surface area (Å²) in [5.41, 5.74) is 1.36. The first kappa shape index (κ1) is 6.81. The van der Waals surface area contributed by atoms with Crippen LogP contribution in [0.3, 0.4) is 0 Å². The van der Waals surface area contributed by atoms with E-state index >= 15 is 0 Å². The fraction of sp³-hybridized carbons (Fsp3) is 0.125. The van der Waals surface area contributed by atoms with E-state index in [-0.39, 0.29) is 5.97 Å². The van der Waals surface area contributed by atoms with Gasteiger partial charge in [0.05, 0.1) is 5.57 Å². The molecule has 1 rings (SSSR count). The van der Waals surface area contributed by atoms with Crippen molar-refractivity contribution in [2.75, 3.05) is 6.61 Å². The summed E-state index contributed by atoms with van der Waals surface area (Å²) in [6.45, 7) is 7.36. The van der Waals surface area contributed by atoms with E-state index in [1.165, 1.54) is 6.08 Å². The zero-order chi connectivity index (χ0) is 7.56. The Kier molecular flexibility index (Phi) is 1.71. The van der Waals surface area contributed by atoms with Gasteiger partial charge in [0.25, 0.3) is 0 Å². The Morgan fingerprint density at radius 1 is 1.40 bits per heavy atom. The van der Waals surface area contributed by atoms with Crippen LogP contribution in [-0.4, -0.2) is 12.6 Å². The van der Waals surface area contributed by atoms with E-state index in [1.807, 2.05) is 0 Å². The molecule has 0 unspecified atom stereocenters. The Morgan fingerprint density at radius 2 is 2.10 bits per heavy atom. The van der Waals surface area contributed by atoms with Gasteiger partial charge >= 0.3 is 5.97 Å². The van der Waals surface area contributed by atoms with Crippen LogP contribution in [0, 0.1) is 0 Å². The smallest absolute Gasteiger partial charge is 0.338 e. The molecule has 0 saturated heterocycles. The molecule has 2 heteroatoms. The molecule has 10 heavy (non-hydrogen) atoms. The fourth-order valence-electron chi connectivity index (χ4n) is 0.813. The number of ether oxygens (including phenoxy) is 1. The van der Waals surface area contributed by atoms with Crippen molar-refractivity contribution in [3.05, 3.63) is 36.5 Å². The molecule has 0 bridgehead atoms. The molecule has 0 amide bonds. The van der Waals surface area contributed by atoms with Crippen molar-refractivity contribution in [2.45, 2.75) is 0 Å². The number of carbonyl (C=O) groups excluding carboxylic acids is 1. The van der Waals surface area contributed by atoms with Gasteiger partial charge < -0.3 is 4.74 Å². The molecule has 0 fully saturated rings. The zero-order valence-corrected chi connectivity index (χ0v) is 5.59. The third kappa shape index (κ3) is 0.880. The predicted molar refractivity (Wildman–Crippen MR) is 38.4 cm³/mol. The largest absolute Gasteiger partial charge is 0.457 e. The molecule has 0 saturated carbocycles. The number of cyclic esters (lactones) is 1. The molecular formula is C8H8O2. The fourth-order valence-corrected chi connectivity index (χ4v) is 0.813. The summed E-state index contributed by atoms with van der Waals surface area (Å²) >= 11 is 0. The first-order valence-corrected chi connectivity index (χ1v) is 2.94. The highest BCUT2D eigenvalue weighted by Crippen LogP contribution is 2.16. The molecule has 0 aromatic carbocycles. The van der Waals surface area contributed by atoms with Crippen molar-refractivity contribution in [1.82, 2.24) is 0 Å². The molecule has 0 radical (unpaired) electrons. The third-order valence-corrected chi connectivity index (χ3v) is 1.38. The first-order chi connectivity index (χ1) is 4.79. The average molecular weight is 136 g/mol. The Bertz CT molecular complexity index is 223. The summed E-state index contributed by atoms with van der Waals surface area (Å²) in [5.74, 6) is -0.301. The van der Waals surface area contributed by atoms with Crippen LogP contribution >= 0.6 is 0 Å². The average Bonchev–Trinajstić information content (AvgIpc) is 2.30. The van der Waals surface area contributed by atoms with E-state index in [4.69, 9.17) is 4.74 Å². The summed E-state index contributed by atoms with van der Waals surface area (Å²) in [4.78, 5) is 10.8. The highest BCUT2D eigenvalue weighted by atomic mass is 16.5. The maximum atomic E-state index is 10.8. The Labute approximate surface area is 59.5 Å². The van der Waals surface area contributed by atoms with Gasteiger partial charge in [-0.15, -0.1) is 0 Å². The van der Waals surface area contributed by atoms with Gasteiger partial charge in [-0.1, -0.05) is 25.3 Å². The number of hydrogen-bond donors (Lipinski definition) is 0. The molecule has 52 valence electrons. The number of hydrogen-bond acceptors (Lipinski definition) is 2. The van der Waals surface area contributed by atoms with Gasteiger partial charge in [-0.3, -0.25) is 0 Å². The van der Waals surface area contributed by atoms with Crippen molar-refractivity contribution < 1.29 is 9.53 Å². The van der Waals surface area contributed by atoms with Crippen LogP contribution in [0.4, 0.5) is 0 Å². The Hall–Kier alpha value is -1.31. The van der Waals surface area contributed by atoms with Crippen LogP contribution in [0.25, 0.3) is 0 Å². The van der Waals surface area contributed by atoms with E-state index in [2.05, 4.69) is 13.2 Å². The molecule has 0 aliphatic carbocycles. The summed E-state index contributed by atoms with van der Waals surface area (Å²) < 4.78 is 4.70. The first-order valence-electron chi connectivity index (χ1n) is 2.94. The minimum Gasteiger partial charge on any atom is -0.457 e. The van der Waals surface area contributed by atoms with Crippen molar-refractivity contribution >= 4 is 5.97 Å². The molecule has 2 nitrogen and oxygen atoms in total. The van der Waals surface area contributed by atoms with Crippen LogP contribution in [0.2, 0.25) is 0 Å². The van der Waals surface area contributed by atoms with Crippen LogP contribution < -0.4 is 0 Å². The van der Waals surface area contributed by atoms with E-state index in [0.717, 1.165) is 5.57 Å². The van der Waals surface area contributed by atoms with Gasteiger partial charge in [-0.25, -0.2) is 4.79 Å². The molecule has 0 aromatic rings. The Balaban J connectivity index is 3.02. The molecule has 0 spiro atoms. The minimum atomic E-state index is -0.301. The van der Waals surface area contributed by atoms with E-state index < -0.39 is 0 Å². The van der Waals surface area contributed by atoms with Gasteiger partial charge in [-0.05, 0) is 0 Å². The highest BCUT2D eigenvalue weighted by Gasteiger charge is 2.19. The summed E-state index contributed by atoms with van der Waals surface area (Å²) in [5, 5.41) is 0. The second-order valence-corrected chi connectivity index (χ2v) is 1.92. The molecule has 0 aromatic heterocycles. The monoisotopic (exact) mass is 136 g/mol. The number of esters is 1. The van der Waals surface area contributed by atoms with Gasteiger partial charge in [0.2, 0.25) is 0 Å². The van der Waals surface area contributed by atoms with Crippen LogP contribution in [-0.2, 0) is 9.53 Å². The van der Waals surface area contributed by atoms with Crippen molar-refractivity contribution in [1.29, 1.82) is 0 Å². The van der Waals surface area contributed by atoms with Gasteiger partial charge in [0.1, 0.15) is 6.61 Å². The van der Waals surface area contributed by atoms with E-state index in [9.17, 15) is 4.79 Å². The highest BCUT2D eigenvalue weighted by molar-refractivity contribution is 5.95. The minimum absolute atomic E-state index is 0.301. The normalized spacial score (nSPS) is 17.0. The number of rotatable bonds is 2. The molecule has 1 heterocycles. The van der Waals surface area contributed by atoms with Crippen molar-refractivity contribution in [3.63, 3.8) is 0 Å². The maximum Gasteiger partial charge on any atom is 0.338 e. The lowest BCUT2D eigenvalue weighted by atomic mass is 10.1. The number of carbonyl (C=O) groups is 1. The van der Waals surface area contributed by atoms with Gasteiger partial charge in [0.15, 0.2) is 0 Å². The van der Waals surface area contributed by atoms with Crippen LogP contribution in [0.5, 0.6) is 0 Å². The molecular weight excluding hydrogens is 128 g/mol. The second-order valence-electron chi connectivity index (χ2n) is 1.92.